The number of aromatic nitrogens is 4. The van der Waals surface area contributed by atoms with E-state index >= 15 is 0 Å². The van der Waals surface area contributed by atoms with Crippen molar-refractivity contribution >= 4 is 76.2 Å². The summed E-state index contributed by atoms with van der Waals surface area (Å²) in [7, 11) is 0. The summed E-state index contributed by atoms with van der Waals surface area (Å²) < 4.78 is 4.81. The van der Waals surface area contributed by atoms with Gasteiger partial charge in [0.2, 0.25) is 0 Å². The molecule has 0 saturated heterocycles. The molecule has 0 spiro atoms. The van der Waals surface area contributed by atoms with Crippen LogP contribution in [0.25, 0.3) is 132 Å². The third-order valence-electron chi connectivity index (χ3n) is 14.0. The second-order valence-corrected chi connectivity index (χ2v) is 17.8. The lowest BCUT2D eigenvalue weighted by atomic mass is 9.96. The van der Waals surface area contributed by atoms with Gasteiger partial charge in [-0.3, -0.25) is 9.97 Å². The van der Waals surface area contributed by atoms with Crippen LogP contribution in [0.3, 0.4) is 0 Å². The summed E-state index contributed by atoms with van der Waals surface area (Å²) in [6, 6.07) is 83.8. The minimum atomic E-state index is 0.896. The fourth-order valence-electron chi connectivity index (χ4n) is 10.7. The van der Waals surface area contributed by atoms with Gasteiger partial charge in [-0.15, -0.1) is 0 Å². The van der Waals surface area contributed by atoms with Gasteiger partial charge in [-0.05, 0) is 116 Å². The molecule has 0 aliphatic rings. The fraction of sp³-hybridized carbons (Fsp3) is 0. The molecule has 0 atom stereocenters. The molecular weight excluding hydrogens is 825 g/mol. The van der Waals surface area contributed by atoms with Gasteiger partial charge in [0.25, 0.3) is 0 Å². The Hall–Kier alpha value is -9.12. The molecule has 0 saturated carbocycles. The van der Waals surface area contributed by atoms with Crippen molar-refractivity contribution in [1.82, 2.24) is 19.1 Å². The first-order valence-corrected chi connectivity index (χ1v) is 23.2. The molecule has 0 bridgehead atoms. The number of para-hydroxylation sites is 2. The Morgan fingerprint density at radius 1 is 0.221 bits per heavy atom. The predicted molar refractivity (Wildman–Crippen MR) is 285 cm³/mol. The van der Waals surface area contributed by atoms with Crippen LogP contribution in [0, 0.1) is 0 Å². The molecule has 14 aromatic rings. The third-order valence-corrected chi connectivity index (χ3v) is 14.0. The number of benzene rings is 11. The van der Waals surface area contributed by atoms with E-state index in [1.807, 2.05) is 12.4 Å². The summed E-state index contributed by atoms with van der Waals surface area (Å²) in [5.41, 5.74) is 18.2. The highest BCUT2D eigenvalue weighted by Gasteiger charge is 2.20. The Balaban J connectivity index is 0.913. The second-order valence-electron chi connectivity index (χ2n) is 17.8. The first-order valence-electron chi connectivity index (χ1n) is 23.2. The molecule has 3 heterocycles. The largest absolute Gasteiger partial charge is 0.309 e. The van der Waals surface area contributed by atoms with Crippen molar-refractivity contribution in [1.29, 1.82) is 0 Å². The summed E-state index contributed by atoms with van der Waals surface area (Å²) in [5.74, 6) is 0. The van der Waals surface area contributed by atoms with Gasteiger partial charge in [-0.2, -0.15) is 0 Å². The Bertz CT molecular complexity index is 3970. The zero-order valence-electron chi connectivity index (χ0n) is 36.9. The van der Waals surface area contributed by atoms with Gasteiger partial charge in [0, 0.05) is 56.1 Å². The molecule has 0 fully saturated rings. The topological polar surface area (TPSA) is 35.6 Å². The highest BCUT2D eigenvalue weighted by Crippen LogP contribution is 2.43. The van der Waals surface area contributed by atoms with Crippen molar-refractivity contribution in [3.63, 3.8) is 0 Å². The lowest BCUT2D eigenvalue weighted by molar-refractivity contribution is 1.18. The highest BCUT2D eigenvalue weighted by atomic mass is 15.0. The van der Waals surface area contributed by atoms with E-state index in [0.29, 0.717) is 0 Å². The van der Waals surface area contributed by atoms with E-state index in [4.69, 9.17) is 9.97 Å². The number of hydrogen-bond donors (Lipinski definition) is 0. The zero-order valence-corrected chi connectivity index (χ0v) is 36.9. The molecule has 14 rings (SSSR count). The van der Waals surface area contributed by atoms with Gasteiger partial charge in [0.15, 0.2) is 0 Å². The zero-order chi connectivity index (χ0) is 44.7. The monoisotopic (exact) mass is 864 g/mol. The smallest absolute Gasteiger partial charge is 0.0972 e. The predicted octanol–water partition coefficient (Wildman–Crippen LogP) is 16.8. The van der Waals surface area contributed by atoms with Crippen LogP contribution in [-0.4, -0.2) is 19.1 Å². The van der Waals surface area contributed by atoms with Crippen molar-refractivity contribution in [3.8, 4) is 55.9 Å². The van der Waals surface area contributed by atoms with Crippen LogP contribution in [-0.2, 0) is 0 Å². The van der Waals surface area contributed by atoms with E-state index in [2.05, 4.69) is 240 Å². The molecule has 0 unspecified atom stereocenters. The Labute approximate surface area is 392 Å². The normalized spacial score (nSPS) is 11.8. The molecule has 316 valence electrons. The standard InChI is InChI=1S/C64H40N4/c1-3-11-41(12-4-1)43-19-23-45(24-20-43)47-27-31-49(32-28-47)67-59-17-9-7-15-51(59)55-37-53-54-38-56-52-16-8-10-18-60(52)68(62(56)40-58(54)64-63(65-35-36-66-64)57(53)39-61(55)67)50-33-29-48(30-34-50)46-25-21-44(22-26-46)42-13-5-2-6-14-42/h1-40H. The lowest BCUT2D eigenvalue weighted by Gasteiger charge is -2.13. The van der Waals surface area contributed by atoms with Crippen LogP contribution >= 0.6 is 0 Å². The Morgan fingerprint density at radius 3 is 0.897 bits per heavy atom. The molecule has 4 nitrogen and oxygen atoms in total. The SMILES string of the molecule is c1ccc(-c2ccc(-c3ccc(-n4c5ccccc5c5cc6c7cc8c9ccccc9n(-c9ccc(-c%10ccc(-c%11ccccc%11)cc%10)cc9)c8cc7c7nccnc7c6cc54)cc3)cc2)cc1. The van der Waals surface area contributed by atoms with Crippen molar-refractivity contribution in [3.05, 3.63) is 243 Å². The van der Waals surface area contributed by atoms with Crippen LogP contribution in [0.4, 0.5) is 0 Å². The van der Waals surface area contributed by atoms with E-state index in [9.17, 15) is 0 Å². The van der Waals surface area contributed by atoms with Crippen molar-refractivity contribution in [2.75, 3.05) is 0 Å². The van der Waals surface area contributed by atoms with Crippen LogP contribution in [0.5, 0.6) is 0 Å². The van der Waals surface area contributed by atoms with Gasteiger partial charge in [-0.25, -0.2) is 0 Å². The van der Waals surface area contributed by atoms with E-state index in [1.54, 1.807) is 0 Å². The Kier molecular flexibility index (Phi) is 8.55. The van der Waals surface area contributed by atoms with Crippen LogP contribution in [0.1, 0.15) is 0 Å². The quantitative estimate of drug-likeness (QED) is 0.156. The number of nitrogens with zero attached hydrogens (tertiary/aromatic N) is 4. The van der Waals surface area contributed by atoms with Crippen molar-refractivity contribution in [2.24, 2.45) is 0 Å². The van der Waals surface area contributed by atoms with Gasteiger partial charge < -0.3 is 9.13 Å². The van der Waals surface area contributed by atoms with Crippen LogP contribution < -0.4 is 0 Å². The van der Waals surface area contributed by atoms with Gasteiger partial charge >= 0.3 is 0 Å². The summed E-state index contributed by atoms with van der Waals surface area (Å²) in [5, 5.41) is 9.34. The lowest BCUT2D eigenvalue weighted by Crippen LogP contribution is -1.95. The molecule has 0 aliphatic carbocycles. The minimum Gasteiger partial charge on any atom is -0.309 e. The number of fused-ring (bicyclic) bond motifs is 12. The number of hydrogen-bond acceptors (Lipinski definition) is 2. The summed E-state index contributed by atoms with van der Waals surface area (Å²) in [6.45, 7) is 0. The van der Waals surface area contributed by atoms with E-state index in [0.717, 1.165) is 55.2 Å². The van der Waals surface area contributed by atoms with E-state index in [-0.39, 0.29) is 0 Å². The number of rotatable bonds is 6. The minimum absolute atomic E-state index is 0.896. The van der Waals surface area contributed by atoms with Gasteiger partial charge in [-0.1, -0.05) is 170 Å². The van der Waals surface area contributed by atoms with E-state index in [1.165, 1.54) is 76.8 Å². The molecule has 3 aromatic heterocycles. The maximum atomic E-state index is 5.08. The average Bonchev–Trinajstić information content (AvgIpc) is 3.92. The maximum absolute atomic E-state index is 5.08. The van der Waals surface area contributed by atoms with Crippen molar-refractivity contribution < 1.29 is 0 Å². The first-order chi connectivity index (χ1) is 33.7. The molecule has 68 heavy (non-hydrogen) atoms. The molecular formula is C64H40N4. The van der Waals surface area contributed by atoms with E-state index < -0.39 is 0 Å². The molecule has 0 aliphatic heterocycles. The Morgan fingerprint density at radius 2 is 0.529 bits per heavy atom. The highest BCUT2D eigenvalue weighted by molar-refractivity contribution is 6.30. The molecule has 0 N–H and O–H groups in total. The van der Waals surface area contributed by atoms with Gasteiger partial charge in [0.1, 0.15) is 0 Å². The summed E-state index contributed by atoms with van der Waals surface area (Å²) in [4.78, 5) is 10.2. The maximum Gasteiger partial charge on any atom is 0.0972 e. The van der Waals surface area contributed by atoms with Crippen LogP contribution in [0.2, 0.25) is 0 Å². The fourth-order valence-corrected chi connectivity index (χ4v) is 10.7. The third kappa shape index (κ3) is 6.01. The first kappa shape index (κ1) is 38.2. The molecule has 11 aromatic carbocycles. The summed E-state index contributed by atoms with van der Waals surface area (Å²) >= 11 is 0. The van der Waals surface area contributed by atoms with Crippen molar-refractivity contribution in [2.45, 2.75) is 0 Å². The molecule has 4 heteroatoms. The molecule has 0 radical (unpaired) electrons. The molecule has 0 amide bonds. The summed E-state index contributed by atoms with van der Waals surface area (Å²) in [6.07, 6.45) is 3.65. The van der Waals surface area contributed by atoms with Crippen LogP contribution in [0.15, 0.2) is 243 Å². The second kappa shape index (κ2) is 15.2. The average molecular weight is 865 g/mol. The van der Waals surface area contributed by atoms with Gasteiger partial charge in [0.05, 0.1) is 33.1 Å².